The average Bonchev–Trinajstić information content (AvgIpc) is 3.06. The summed E-state index contributed by atoms with van der Waals surface area (Å²) in [5, 5.41) is 3.37. The van der Waals surface area contributed by atoms with Crippen molar-refractivity contribution >= 4 is 17.9 Å². The third-order valence-electron chi connectivity index (χ3n) is 9.78. The number of carbonyl (C=O) groups is 3. The van der Waals surface area contributed by atoms with Crippen molar-refractivity contribution in [3.63, 3.8) is 0 Å². The molecule has 0 aromatic heterocycles. The zero-order valence-corrected chi connectivity index (χ0v) is 27.3. The van der Waals surface area contributed by atoms with Gasteiger partial charge in [0.05, 0.1) is 0 Å². The van der Waals surface area contributed by atoms with E-state index in [9.17, 15) is 14.4 Å². The Morgan fingerprint density at radius 1 is 0.864 bits per heavy atom. The van der Waals surface area contributed by atoms with Crippen LogP contribution in [-0.4, -0.2) is 84.0 Å². The zero-order chi connectivity index (χ0) is 31.1. The number of unbranched alkanes of at least 4 members (excludes halogenated alkanes) is 2. The average molecular weight is 609 g/mol. The van der Waals surface area contributed by atoms with Gasteiger partial charge in [-0.2, -0.15) is 0 Å². The van der Waals surface area contributed by atoms with E-state index < -0.39 is 0 Å². The number of benzene rings is 1. The van der Waals surface area contributed by atoms with E-state index in [1.807, 2.05) is 41.3 Å². The van der Waals surface area contributed by atoms with Gasteiger partial charge in [-0.05, 0) is 82.4 Å². The Morgan fingerprint density at radius 3 is 2.23 bits per heavy atom. The van der Waals surface area contributed by atoms with E-state index in [1.165, 1.54) is 31.3 Å². The molecule has 1 unspecified atom stereocenters. The van der Waals surface area contributed by atoms with E-state index in [2.05, 4.69) is 24.1 Å². The molecule has 1 aromatic carbocycles. The van der Waals surface area contributed by atoms with Crippen molar-refractivity contribution in [3.8, 4) is 0 Å². The number of hydrogen-bond donors (Lipinski definition) is 1. The van der Waals surface area contributed by atoms with Crippen molar-refractivity contribution in [2.45, 2.75) is 116 Å². The topological polar surface area (TPSA) is 82.2 Å². The Balaban J connectivity index is 0.000000223. The summed E-state index contributed by atoms with van der Waals surface area (Å²) in [7, 11) is 0. The summed E-state index contributed by atoms with van der Waals surface area (Å²) in [6, 6.07) is 10.5. The lowest BCUT2D eigenvalue weighted by Gasteiger charge is -2.39. The number of amides is 3. The predicted molar refractivity (Wildman–Crippen MR) is 175 cm³/mol. The molecular weight excluding hydrogens is 552 g/mol. The highest BCUT2D eigenvalue weighted by Gasteiger charge is 2.32. The van der Waals surface area contributed by atoms with Gasteiger partial charge in [0.25, 0.3) is 0 Å². The van der Waals surface area contributed by atoms with Crippen LogP contribution in [0.15, 0.2) is 42.0 Å². The fourth-order valence-corrected chi connectivity index (χ4v) is 6.99. The summed E-state index contributed by atoms with van der Waals surface area (Å²) in [4.78, 5) is 42.9. The lowest BCUT2D eigenvalue weighted by molar-refractivity contribution is -0.138. The summed E-state index contributed by atoms with van der Waals surface area (Å²) in [5.41, 5.74) is 2.28. The SMILES string of the molecule is CCCCC1=CC(=O)N(C2CCN(C(=O)OCc3ccccc3)CC2)CC1.CCCCC1CCN(C2CCNCC2)C(=O)C1. The van der Waals surface area contributed by atoms with Crippen molar-refractivity contribution in [3.05, 3.63) is 47.5 Å². The number of rotatable bonds is 10. The molecule has 0 bridgehead atoms. The summed E-state index contributed by atoms with van der Waals surface area (Å²) in [6.45, 7) is 9.98. The molecule has 1 N–H and O–H groups in total. The van der Waals surface area contributed by atoms with Gasteiger partial charge in [-0.1, -0.05) is 69.0 Å². The highest BCUT2D eigenvalue weighted by molar-refractivity contribution is 5.89. The van der Waals surface area contributed by atoms with Crippen LogP contribution in [0.1, 0.15) is 103 Å². The van der Waals surface area contributed by atoms with E-state index in [1.54, 1.807) is 4.90 Å². The molecule has 3 saturated heterocycles. The van der Waals surface area contributed by atoms with Crippen LogP contribution < -0.4 is 5.32 Å². The molecule has 0 radical (unpaired) electrons. The summed E-state index contributed by atoms with van der Waals surface area (Å²) in [5.74, 6) is 1.24. The number of piperidine rings is 3. The van der Waals surface area contributed by atoms with Crippen LogP contribution in [0.4, 0.5) is 4.79 Å². The molecule has 8 nitrogen and oxygen atoms in total. The van der Waals surface area contributed by atoms with Gasteiger partial charge >= 0.3 is 6.09 Å². The molecule has 1 aromatic rings. The van der Waals surface area contributed by atoms with E-state index in [4.69, 9.17) is 4.74 Å². The Hall–Kier alpha value is -2.87. The van der Waals surface area contributed by atoms with Gasteiger partial charge < -0.3 is 24.8 Å². The molecule has 3 fully saturated rings. The van der Waals surface area contributed by atoms with E-state index >= 15 is 0 Å². The molecule has 4 aliphatic rings. The lowest BCUT2D eigenvalue weighted by Crippen LogP contribution is -2.49. The number of ether oxygens (including phenoxy) is 1. The van der Waals surface area contributed by atoms with Crippen molar-refractivity contribution in [1.82, 2.24) is 20.0 Å². The van der Waals surface area contributed by atoms with Gasteiger partial charge in [0.1, 0.15) is 6.61 Å². The molecule has 5 rings (SSSR count). The van der Waals surface area contributed by atoms with Gasteiger partial charge in [0.15, 0.2) is 0 Å². The van der Waals surface area contributed by atoms with Gasteiger partial charge in [0, 0.05) is 50.8 Å². The first-order valence-electron chi connectivity index (χ1n) is 17.4. The molecule has 0 saturated carbocycles. The second kappa shape index (κ2) is 18.2. The molecule has 0 aliphatic carbocycles. The van der Waals surface area contributed by atoms with Crippen LogP contribution in [0, 0.1) is 5.92 Å². The first kappa shape index (κ1) is 34.0. The van der Waals surface area contributed by atoms with Crippen LogP contribution in [0.25, 0.3) is 0 Å². The largest absolute Gasteiger partial charge is 0.445 e. The summed E-state index contributed by atoms with van der Waals surface area (Å²) < 4.78 is 5.42. The van der Waals surface area contributed by atoms with Gasteiger partial charge in [0.2, 0.25) is 11.8 Å². The van der Waals surface area contributed by atoms with Gasteiger partial charge in [-0.3, -0.25) is 9.59 Å². The van der Waals surface area contributed by atoms with Crippen molar-refractivity contribution < 1.29 is 19.1 Å². The maximum absolute atomic E-state index is 12.5. The number of likely N-dealkylation sites (tertiary alicyclic amines) is 2. The van der Waals surface area contributed by atoms with Crippen LogP contribution >= 0.6 is 0 Å². The molecular formula is C36H56N4O4. The van der Waals surface area contributed by atoms with Gasteiger partial charge in [-0.15, -0.1) is 0 Å². The Morgan fingerprint density at radius 2 is 1.57 bits per heavy atom. The number of carbonyl (C=O) groups excluding carboxylic acids is 3. The summed E-state index contributed by atoms with van der Waals surface area (Å²) >= 11 is 0. The first-order valence-corrected chi connectivity index (χ1v) is 17.4. The molecule has 0 spiro atoms. The van der Waals surface area contributed by atoms with Gasteiger partial charge in [-0.25, -0.2) is 4.79 Å². The summed E-state index contributed by atoms with van der Waals surface area (Å²) in [6.07, 6.45) is 15.7. The van der Waals surface area contributed by atoms with E-state index in [-0.39, 0.29) is 18.0 Å². The maximum atomic E-state index is 12.5. The second-order valence-corrected chi connectivity index (χ2v) is 13.0. The normalized spacial score (nSPS) is 21.9. The minimum atomic E-state index is -0.260. The van der Waals surface area contributed by atoms with Crippen LogP contribution in [0.2, 0.25) is 0 Å². The highest BCUT2D eigenvalue weighted by atomic mass is 16.6. The fourth-order valence-electron chi connectivity index (χ4n) is 6.99. The quantitative estimate of drug-likeness (QED) is 0.337. The van der Waals surface area contributed by atoms with Crippen LogP contribution in [0.5, 0.6) is 0 Å². The molecule has 1 atom stereocenters. The van der Waals surface area contributed by atoms with Crippen LogP contribution in [0.3, 0.4) is 0 Å². The molecule has 8 heteroatoms. The zero-order valence-electron chi connectivity index (χ0n) is 27.3. The first-order chi connectivity index (χ1) is 21.5. The molecule has 3 amide bonds. The Bertz CT molecular complexity index is 1060. The Labute approximate surface area is 265 Å². The van der Waals surface area contributed by atoms with Crippen molar-refractivity contribution in [1.29, 1.82) is 0 Å². The molecule has 4 heterocycles. The predicted octanol–water partition coefficient (Wildman–Crippen LogP) is 6.30. The van der Waals surface area contributed by atoms with Crippen LogP contribution in [-0.2, 0) is 20.9 Å². The lowest BCUT2D eigenvalue weighted by atomic mass is 9.89. The molecule has 4 aliphatic heterocycles. The standard InChI is InChI=1S/C22H30N2O3.C14H26N2O/c1-2-3-7-18-10-15-24(21(25)16-18)20-11-13-23(14-12-20)22(26)27-17-19-8-5-4-6-9-19;1-2-3-4-12-7-10-16(14(17)11-12)13-5-8-15-9-6-13/h4-6,8-9,16,20H,2-3,7,10-15,17H2,1H3;12-13,15H,2-11H2,1H3. The third-order valence-corrected chi connectivity index (χ3v) is 9.78. The minimum Gasteiger partial charge on any atom is -0.445 e. The minimum absolute atomic E-state index is 0.150. The van der Waals surface area contributed by atoms with Crippen molar-refractivity contribution in [2.75, 3.05) is 39.3 Å². The monoisotopic (exact) mass is 608 g/mol. The number of nitrogens with one attached hydrogen (secondary N) is 1. The fraction of sp³-hybridized carbons (Fsp3) is 0.694. The van der Waals surface area contributed by atoms with E-state index in [0.717, 1.165) is 89.5 Å². The molecule has 44 heavy (non-hydrogen) atoms. The second-order valence-electron chi connectivity index (χ2n) is 13.0. The van der Waals surface area contributed by atoms with Crippen molar-refractivity contribution in [2.24, 2.45) is 5.92 Å². The number of nitrogens with zero attached hydrogens (tertiary/aromatic N) is 3. The smallest absolute Gasteiger partial charge is 0.410 e. The highest BCUT2D eigenvalue weighted by Crippen LogP contribution is 2.27. The number of hydrogen-bond acceptors (Lipinski definition) is 5. The third kappa shape index (κ3) is 10.4. The molecule has 244 valence electrons. The maximum Gasteiger partial charge on any atom is 0.410 e. The van der Waals surface area contributed by atoms with E-state index in [0.29, 0.717) is 37.6 Å². The Kier molecular flexibility index (Phi) is 14.1.